The van der Waals surface area contributed by atoms with E-state index in [9.17, 15) is 0 Å². The van der Waals surface area contributed by atoms with Gasteiger partial charge >= 0.3 is 0 Å². The summed E-state index contributed by atoms with van der Waals surface area (Å²) in [5, 5.41) is 0. The molecule has 0 spiro atoms. The van der Waals surface area contributed by atoms with Crippen LogP contribution in [0.4, 0.5) is 0 Å². The van der Waals surface area contributed by atoms with E-state index in [1.54, 1.807) is 0 Å². The number of hydrogen-bond acceptors (Lipinski definition) is 1. The highest BCUT2D eigenvalue weighted by Gasteiger charge is 2.15. The van der Waals surface area contributed by atoms with E-state index in [1.807, 2.05) is 44.2 Å². The average molecular weight is 196 g/mol. The third kappa shape index (κ3) is 7.59. The summed E-state index contributed by atoms with van der Waals surface area (Å²) in [6.45, 7) is 10.5. The van der Waals surface area contributed by atoms with Gasteiger partial charge in [-0.3, -0.25) is 0 Å². The Morgan fingerprint density at radius 2 is 1.69 bits per heavy atom. The topological polar surface area (TPSA) is 9.23 Å². The first-order valence-electron chi connectivity index (χ1n) is 4.64. The number of rotatable bonds is 4. The third-order valence-electron chi connectivity index (χ3n) is 1.27. The van der Waals surface area contributed by atoms with Crippen molar-refractivity contribution in [3.05, 3.63) is 36.1 Å². The molecule has 0 amide bonds. The Labute approximate surface area is 82.9 Å². The lowest BCUT2D eigenvalue weighted by molar-refractivity contribution is 0.440. The van der Waals surface area contributed by atoms with Crippen molar-refractivity contribution in [1.29, 1.82) is 0 Å². The molecule has 0 rings (SSSR count). The Balaban J connectivity index is 4.23. The summed E-state index contributed by atoms with van der Waals surface area (Å²) in [4.78, 5) is 0. The van der Waals surface area contributed by atoms with Gasteiger partial charge in [0.1, 0.15) is 0 Å². The Morgan fingerprint density at radius 1 is 1.08 bits per heavy atom. The maximum absolute atomic E-state index is 5.81. The first-order chi connectivity index (χ1) is 5.99. The zero-order valence-electron chi connectivity index (χ0n) is 9.29. The van der Waals surface area contributed by atoms with Crippen LogP contribution in [0.1, 0.15) is 13.8 Å². The molecule has 74 valence electrons. The van der Waals surface area contributed by atoms with Gasteiger partial charge in [0.05, 0.1) is 5.76 Å². The van der Waals surface area contributed by atoms with Crippen molar-refractivity contribution >= 4 is 8.32 Å². The zero-order valence-corrected chi connectivity index (χ0v) is 10.3. The smallest absolute Gasteiger partial charge is 0.242 e. The van der Waals surface area contributed by atoms with E-state index in [2.05, 4.69) is 19.6 Å². The second-order valence-corrected chi connectivity index (χ2v) is 8.22. The molecule has 2 heteroatoms. The molecular weight excluding hydrogens is 176 g/mol. The Kier molecular flexibility index (Phi) is 5.47. The quantitative estimate of drug-likeness (QED) is 0.377. The lowest BCUT2D eigenvalue weighted by Gasteiger charge is -2.19. The molecule has 0 aromatic carbocycles. The van der Waals surface area contributed by atoms with Crippen molar-refractivity contribution in [1.82, 2.24) is 0 Å². The van der Waals surface area contributed by atoms with Gasteiger partial charge in [0.25, 0.3) is 0 Å². The molecule has 1 nitrogen and oxygen atoms in total. The van der Waals surface area contributed by atoms with Gasteiger partial charge in [-0.25, -0.2) is 0 Å². The largest absolute Gasteiger partial charge is 0.545 e. The van der Waals surface area contributed by atoms with Crippen LogP contribution in [-0.2, 0) is 4.43 Å². The molecule has 0 bridgehead atoms. The molecule has 0 aliphatic carbocycles. The molecule has 0 aliphatic heterocycles. The van der Waals surface area contributed by atoms with E-state index in [-0.39, 0.29) is 0 Å². The van der Waals surface area contributed by atoms with Gasteiger partial charge in [-0.1, -0.05) is 18.2 Å². The van der Waals surface area contributed by atoms with E-state index in [4.69, 9.17) is 4.43 Å². The lowest BCUT2D eigenvalue weighted by Crippen LogP contribution is -2.24. The van der Waals surface area contributed by atoms with Gasteiger partial charge in [0.15, 0.2) is 0 Å². The second-order valence-electron chi connectivity index (χ2n) is 3.79. The Bertz CT molecular complexity index is 219. The molecule has 0 heterocycles. The molecule has 0 N–H and O–H groups in total. The van der Waals surface area contributed by atoms with Crippen molar-refractivity contribution in [3.63, 3.8) is 0 Å². The summed E-state index contributed by atoms with van der Waals surface area (Å²) < 4.78 is 5.81. The average Bonchev–Trinajstić information content (AvgIpc) is 2.01. The number of allylic oxidation sites excluding steroid dienone is 5. The summed E-state index contributed by atoms with van der Waals surface area (Å²) in [7, 11) is -1.45. The van der Waals surface area contributed by atoms with Crippen LogP contribution < -0.4 is 0 Å². The summed E-state index contributed by atoms with van der Waals surface area (Å²) >= 11 is 0. The fourth-order valence-corrected chi connectivity index (χ4v) is 1.70. The summed E-state index contributed by atoms with van der Waals surface area (Å²) in [6, 6.07) is 0. The first kappa shape index (κ1) is 12.2. The van der Waals surface area contributed by atoms with Crippen LogP contribution >= 0.6 is 0 Å². The highest BCUT2D eigenvalue weighted by Crippen LogP contribution is 2.11. The summed E-state index contributed by atoms with van der Waals surface area (Å²) in [5.74, 6) is 0.970. The Morgan fingerprint density at radius 3 is 2.08 bits per heavy atom. The predicted octanol–water partition coefficient (Wildman–Crippen LogP) is 3.87. The van der Waals surface area contributed by atoms with Gasteiger partial charge in [0, 0.05) is 0 Å². The van der Waals surface area contributed by atoms with Gasteiger partial charge < -0.3 is 4.43 Å². The SMILES string of the molecule is C/C=C/C=C/C(=C\C)O[Si](C)(C)C. The van der Waals surface area contributed by atoms with Crippen LogP contribution in [0, 0.1) is 0 Å². The van der Waals surface area contributed by atoms with Gasteiger partial charge in [0.2, 0.25) is 8.32 Å². The fraction of sp³-hybridized carbons (Fsp3) is 0.455. The van der Waals surface area contributed by atoms with Crippen LogP contribution in [0.2, 0.25) is 19.6 Å². The second kappa shape index (κ2) is 5.81. The van der Waals surface area contributed by atoms with Gasteiger partial charge in [-0.2, -0.15) is 0 Å². The molecule has 0 saturated heterocycles. The molecule has 0 aromatic rings. The highest BCUT2D eigenvalue weighted by molar-refractivity contribution is 6.70. The molecule has 0 radical (unpaired) electrons. The van der Waals surface area contributed by atoms with Crippen LogP contribution in [-0.4, -0.2) is 8.32 Å². The van der Waals surface area contributed by atoms with E-state index in [1.165, 1.54) is 0 Å². The predicted molar refractivity (Wildman–Crippen MR) is 62.1 cm³/mol. The van der Waals surface area contributed by atoms with Gasteiger partial charge in [-0.05, 0) is 45.6 Å². The van der Waals surface area contributed by atoms with E-state index < -0.39 is 8.32 Å². The molecule has 0 aromatic heterocycles. The van der Waals surface area contributed by atoms with Crippen LogP contribution in [0.25, 0.3) is 0 Å². The molecule has 0 atom stereocenters. The molecule has 0 aliphatic rings. The summed E-state index contributed by atoms with van der Waals surface area (Å²) in [5.41, 5.74) is 0. The minimum absolute atomic E-state index is 0.970. The standard InChI is InChI=1S/C11H20OSi/c1-6-8-9-10-11(7-2)12-13(3,4)5/h6-10H,1-5H3/b8-6+,10-9+,11-7+. The third-order valence-corrected chi connectivity index (χ3v) is 2.12. The van der Waals surface area contributed by atoms with Crippen molar-refractivity contribution in [2.75, 3.05) is 0 Å². The van der Waals surface area contributed by atoms with E-state index >= 15 is 0 Å². The molecular formula is C11H20OSi. The fourth-order valence-electron chi connectivity index (χ4n) is 0.804. The first-order valence-corrected chi connectivity index (χ1v) is 8.05. The minimum atomic E-state index is -1.45. The van der Waals surface area contributed by atoms with Crippen molar-refractivity contribution in [2.24, 2.45) is 0 Å². The van der Waals surface area contributed by atoms with E-state index in [0.717, 1.165) is 5.76 Å². The number of hydrogen-bond donors (Lipinski definition) is 0. The van der Waals surface area contributed by atoms with Crippen molar-refractivity contribution < 1.29 is 4.43 Å². The molecule has 0 saturated carbocycles. The minimum Gasteiger partial charge on any atom is -0.545 e. The van der Waals surface area contributed by atoms with Crippen molar-refractivity contribution in [3.8, 4) is 0 Å². The Hall–Kier alpha value is -0.763. The maximum Gasteiger partial charge on any atom is 0.242 e. The molecule has 13 heavy (non-hydrogen) atoms. The molecule has 0 unspecified atom stereocenters. The van der Waals surface area contributed by atoms with Crippen LogP contribution in [0.15, 0.2) is 36.1 Å². The zero-order chi connectivity index (χ0) is 10.3. The van der Waals surface area contributed by atoms with Crippen molar-refractivity contribution in [2.45, 2.75) is 33.5 Å². The van der Waals surface area contributed by atoms with Crippen LogP contribution in [0.5, 0.6) is 0 Å². The van der Waals surface area contributed by atoms with Gasteiger partial charge in [-0.15, -0.1) is 0 Å². The maximum atomic E-state index is 5.81. The monoisotopic (exact) mass is 196 g/mol. The van der Waals surface area contributed by atoms with Crippen LogP contribution in [0.3, 0.4) is 0 Å². The summed E-state index contributed by atoms with van der Waals surface area (Å²) in [6.07, 6.45) is 9.99. The van der Waals surface area contributed by atoms with E-state index in [0.29, 0.717) is 0 Å². The molecule has 0 fully saturated rings. The highest BCUT2D eigenvalue weighted by atomic mass is 28.4. The lowest BCUT2D eigenvalue weighted by atomic mass is 10.4. The normalized spacial score (nSPS) is 14.4.